The number of rotatable bonds is 3. The summed E-state index contributed by atoms with van der Waals surface area (Å²) in [5.41, 5.74) is 2.60. The lowest BCUT2D eigenvalue weighted by Gasteiger charge is -2.04. The Balaban J connectivity index is 2.00. The van der Waals surface area contributed by atoms with Gasteiger partial charge >= 0.3 is 0 Å². The fraction of sp³-hybridized carbons (Fsp3) is 0.250. The van der Waals surface area contributed by atoms with Gasteiger partial charge in [-0.2, -0.15) is 5.10 Å². The summed E-state index contributed by atoms with van der Waals surface area (Å²) in [5, 5.41) is 6.97. The molecule has 1 N–H and O–H groups in total. The van der Waals surface area contributed by atoms with Crippen molar-refractivity contribution in [3.63, 3.8) is 0 Å². The van der Waals surface area contributed by atoms with E-state index in [9.17, 15) is 4.79 Å². The van der Waals surface area contributed by atoms with Gasteiger partial charge in [0.25, 0.3) is 5.91 Å². The number of amides is 1. The molecule has 0 atom stereocenters. The minimum absolute atomic E-state index is 0.141. The van der Waals surface area contributed by atoms with Gasteiger partial charge in [0, 0.05) is 31.0 Å². The summed E-state index contributed by atoms with van der Waals surface area (Å²) in [6.45, 7) is 2.43. The van der Waals surface area contributed by atoms with Crippen molar-refractivity contribution < 1.29 is 4.79 Å². The van der Waals surface area contributed by atoms with Gasteiger partial charge in [0.05, 0.1) is 11.8 Å². The third-order valence-electron chi connectivity index (χ3n) is 2.77. The molecule has 0 fully saturated rings. The van der Waals surface area contributed by atoms with Crippen LogP contribution in [0.5, 0.6) is 0 Å². The predicted octanol–water partition coefficient (Wildman–Crippen LogP) is 1.82. The van der Waals surface area contributed by atoms with Crippen LogP contribution in [-0.2, 0) is 13.6 Å². The van der Waals surface area contributed by atoms with Crippen LogP contribution in [0.4, 0.5) is 0 Å². The molecule has 0 saturated heterocycles. The second-order valence-electron chi connectivity index (χ2n) is 3.93. The fourth-order valence-corrected chi connectivity index (χ4v) is 1.74. The molecule has 0 bridgehead atoms. The lowest BCUT2D eigenvalue weighted by Crippen LogP contribution is -2.23. The molecule has 2 heterocycles. The van der Waals surface area contributed by atoms with Crippen LogP contribution in [-0.4, -0.2) is 20.7 Å². The minimum atomic E-state index is -0.141. The van der Waals surface area contributed by atoms with E-state index in [0.717, 1.165) is 11.3 Å². The van der Waals surface area contributed by atoms with E-state index >= 15 is 0 Å². The number of nitrogens with zero attached hydrogens (tertiary/aromatic N) is 3. The highest BCUT2D eigenvalue weighted by Crippen LogP contribution is 2.08. The average molecular weight is 309 g/mol. The molecule has 0 aliphatic heterocycles. The molecule has 6 heteroatoms. The molecule has 0 spiro atoms. The second-order valence-corrected chi connectivity index (χ2v) is 4.74. The third kappa shape index (κ3) is 2.76. The fourth-order valence-electron chi connectivity index (χ4n) is 1.51. The molecule has 0 aromatic carbocycles. The molecule has 0 unspecified atom stereocenters. The third-order valence-corrected chi connectivity index (χ3v) is 3.23. The zero-order chi connectivity index (χ0) is 13.1. The number of hydrogen-bond acceptors (Lipinski definition) is 3. The van der Waals surface area contributed by atoms with Gasteiger partial charge in [0.1, 0.15) is 4.60 Å². The van der Waals surface area contributed by atoms with Gasteiger partial charge in [-0.05, 0) is 35.0 Å². The number of carbonyl (C=O) groups is 1. The largest absolute Gasteiger partial charge is 0.348 e. The summed E-state index contributed by atoms with van der Waals surface area (Å²) >= 11 is 3.23. The Kier molecular flexibility index (Phi) is 3.76. The summed E-state index contributed by atoms with van der Waals surface area (Å²) in [4.78, 5) is 15.9. The molecule has 1 amide bonds. The van der Waals surface area contributed by atoms with Gasteiger partial charge < -0.3 is 5.32 Å². The van der Waals surface area contributed by atoms with Crippen LogP contribution in [0.3, 0.4) is 0 Å². The van der Waals surface area contributed by atoms with E-state index < -0.39 is 0 Å². The highest BCUT2D eigenvalue weighted by atomic mass is 79.9. The van der Waals surface area contributed by atoms with Crippen LogP contribution in [0.25, 0.3) is 0 Å². The first-order valence-corrected chi connectivity index (χ1v) is 6.24. The van der Waals surface area contributed by atoms with Crippen molar-refractivity contribution in [2.75, 3.05) is 0 Å². The average Bonchev–Trinajstić information content (AvgIpc) is 2.68. The van der Waals surface area contributed by atoms with E-state index in [0.29, 0.717) is 16.7 Å². The summed E-state index contributed by atoms with van der Waals surface area (Å²) in [6.07, 6.45) is 3.30. The maximum absolute atomic E-state index is 11.9. The quantitative estimate of drug-likeness (QED) is 0.880. The molecule has 94 valence electrons. The van der Waals surface area contributed by atoms with Crippen LogP contribution in [0.2, 0.25) is 0 Å². The summed E-state index contributed by atoms with van der Waals surface area (Å²) in [7, 11) is 1.87. The molecule has 0 aliphatic rings. The minimum Gasteiger partial charge on any atom is -0.348 e. The molecular formula is C12H13BrN4O. The molecule has 2 aromatic rings. The topological polar surface area (TPSA) is 59.8 Å². The van der Waals surface area contributed by atoms with E-state index in [2.05, 4.69) is 31.3 Å². The van der Waals surface area contributed by atoms with Gasteiger partial charge in [-0.1, -0.05) is 0 Å². The van der Waals surface area contributed by atoms with E-state index in [-0.39, 0.29) is 5.91 Å². The molecule has 5 nitrogen and oxygen atoms in total. The Hall–Kier alpha value is -1.69. The number of carbonyl (C=O) groups excluding carboxylic acids is 1. The van der Waals surface area contributed by atoms with Crippen molar-refractivity contribution in [3.05, 3.63) is 46.0 Å². The van der Waals surface area contributed by atoms with Crippen molar-refractivity contribution in [2.24, 2.45) is 7.05 Å². The zero-order valence-electron chi connectivity index (χ0n) is 10.1. The van der Waals surface area contributed by atoms with Crippen LogP contribution < -0.4 is 5.32 Å². The number of nitrogens with one attached hydrogen (secondary N) is 1. The lowest BCUT2D eigenvalue weighted by molar-refractivity contribution is 0.0950. The number of pyridine rings is 1. The number of hydrogen-bond donors (Lipinski definition) is 1. The Morgan fingerprint density at radius 1 is 1.44 bits per heavy atom. The first-order valence-electron chi connectivity index (χ1n) is 5.45. The Morgan fingerprint density at radius 3 is 2.78 bits per heavy atom. The molecule has 0 saturated carbocycles. The van der Waals surface area contributed by atoms with E-state index in [1.54, 1.807) is 23.0 Å². The highest BCUT2D eigenvalue weighted by molar-refractivity contribution is 9.10. The van der Waals surface area contributed by atoms with Crippen molar-refractivity contribution in [2.45, 2.75) is 13.5 Å². The first kappa shape index (κ1) is 12.8. The molecule has 0 aliphatic carbocycles. The van der Waals surface area contributed by atoms with Gasteiger partial charge in [-0.25, -0.2) is 4.98 Å². The van der Waals surface area contributed by atoms with Crippen LogP contribution >= 0.6 is 15.9 Å². The van der Waals surface area contributed by atoms with Gasteiger partial charge in [0.15, 0.2) is 0 Å². The summed E-state index contributed by atoms with van der Waals surface area (Å²) < 4.78 is 2.49. The number of halogens is 1. The van der Waals surface area contributed by atoms with E-state index in [4.69, 9.17) is 0 Å². The Bertz CT molecular complexity index is 562. The van der Waals surface area contributed by atoms with Crippen LogP contribution in [0.1, 0.15) is 21.6 Å². The summed E-state index contributed by atoms with van der Waals surface area (Å²) in [5.74, 6) is -0.141. The molecule has 2 rings (SSSR count). The Morgan fingerprint density at radius 2 is 2.22 bits per heavy atom. The molecule has 18 heavy (non-hydrogen) atoms. The number of aryl methyl sites for hydroxylation is 1. The number of aromatic nitrogens is 3. The molecular weight excluding hydrogens is 296 g/mol. The lowest BCUT2D eigenvalue weighted by atomic mass is 10.2. The van der Waals surface area contributed by atoms with E-state index in [1.165, 1.54) is 6.20 Å². The van der Waals surface area contributed by atoms with Gasteiger partial charge in [-0.3, -0.25) is 9.48 Å². The molecule has 2 aromatic heterocycles. The van der Waals surface area contributed by atoms with E-state index in [1.807, 2.05) is 14.0 Å². The Labute approximate surface area is 113 Å². The monoisotopic (exact) mass is 308 g/mol. The zero-order valence-corrected chi connectivity index (χ0v) is 11.7. The standard InChI is InChI=1S/C12H13BrN4O/c1-8-10(7-16-17(8)2)6-15-12(18)9-3-4-11(13)14-5-9/h3-5,7H,6H2,1-2H3,(H,15,18). The predicted molar refractivity (Wildman–Crippen MR) is 71.1 cm³/mol. The van der Waals surface area contributed by atoms with Crippen LogP contribution in [0.15, 0.2) is 29.1 Å². The second kappa shape index (κ2) is 5.30. The smallest absolute Gasteiger partial charge is 0.253 e. The SMILES string of the molecule is Cc1c(CNC(=O)c2ccc(Br)nc2)cnn1C. The van der Waals surface area contributed by atoms with Gasteiger partial charge in [-0.15, -0.1) is 0 Å². The maximum atomic E-state index is 11.9. The van der Waals surface area contributed by atoms with Crippen molar-refractivity contribution in [1.82, 2.24) is 20.1 Å². The highest BCUT2D eigenvalue weighted by Gasteiger charge is 2.08. The maximum Gasteiger partial charge on any atom is 0.253 e. The van der Waals surface area contributed by atoms with Gasteiger partial charge in [0.2, 0.25) is 0 Å². The van der Waals surface area contributed by atoms with Crippen molar-refractivity contribution in [1.29, 1.82) is 0 Å². The first-order chi connectivity index (χ1) is 8.58. The normalized spacial score (nSPS) is 10.4. The van der Waals surface area contributed by atoms with Crippen molar-refractivity contribution in [3.8, 4) is 0 Å². The van der Waals surface area contributed by atoms with Crippen LogP contribution in [0, 0.1) is 6.92 Å². The van der Waals surface area contributed by atoms with Crippen molar-refractivity contribution >= 4 is 21.8 Å². The summed E-state index contributed by atoms with van der Waals surface area (Å²) in [6, 6.07) is 3.47. The molecule has 0 radical (unpaired) electrons.